The minimum Gasteiger partial charge on any atom is -0.456 e. The van der Waals surface area contributed by atoms with E-state index in [9.17, 15) is 14.4 Å². The highest BCUT2D eigenvalue weighted by molar-refractivity contribution is 6.02. The van der Waals surface area contributed by atoms with Crippen LogP contribution in [0.5, 0.6) is 0 Å². The topological polar surface area (TPSA) is 87.7 Å². The molecule has 0 radical (unpaired) electrons. The Hall–Kier alpha value is -3.09. The van der Waals surface area contributed by atoms with E-state index in [1.807, 2.05) is 30.3 Å². The zero-order valence-electron chi connectivity index (χ0n) is 13.4. The summed E-state index contributed by atoms with van der Waals surface area (Å²) in [4.78, 5) is 38.7. The molecule has 2 N–H and O–H groups in total. The summed E-state index contributed by atoms with van der Waals surface area (Å²) in [6.45, 7) is 4.08. The molecular weight excluding hydrogens is 322 g/mol. The van der Waals surface area contributed by atoms with E-state index in [0.29, 0.717) is 11.3 Å². The number of nitrogens with one attached hydrogen (secondary N) is 2. The van der Waals surface area contributed by atoms with E-state index in [1.165, 1.54) is 4.90 Å². The molecule has 3 unspecified atom stereocenters. The van der Waals surface area contributed by atoms with Crippen LogP contribution in [-0.2, 0) is 14.3 Å². The highest BCUT2D eigenvalue weighted by atomic mass is 16.5. The van der Waals surface area contributed by atoms with Crippen LogP contribution in [0.1, 0.15) is 11.5 Å². The van der Waals surface area contributed by atoms with Crippen molar-refractivity contribution in [1.29, 1.82) is 0 Å². The molecule has 4 rings (SSSR count). The number of carbonyl (C=O) groups is 3. The van der Waals surface area contributed by atoms with Gasteiger partial charge < -0.3 is 10.1 Å². The van der Waals surface area contributed by atoms with Crippen LogP contribution in [0.2, 0.25) is 0 Å². The van der Waals surface area contributed by atoms with Crippen molar-refractivity contribution in [2.45, 2.75) is 12.1 Å². The lowest BCUT2D eigenvalue weighted by atomic mass is 9.74. The van der Waals surface area contributed by atoms with Gasteiger partial charge in [0.25, 0.3) is 0 Å². The first-order valence-electron chi connectivity index (χ1n) is 8.06. The molecule has 1 saturated heterocycles. The summed E-state index contributed by atoms with van der Waals surface area (Å²) in [5.41, 5.74) is 1.94. The minimum absolute atomic E-state index is 0.123. The molecule has 1 aromatic rings. The standard InChI is InChI=1S/C18H17N3O4/c1-2-8-21-15-14(16(22)20-18(21)24)12(10-6-4-3-5-7-10)13-11(19-15)9-25-17(13)23/h2-7,12,14-15,19H,1,8-9H2,(H,20,22,24). The summed E-state index contributed by atoms with van der Waals surface area (Å²) in [5, 5.41) is 5.57. The average molecular weight is 339 g/mol. The highest BCUT2D eigenvalue weighted by Gasteiger charge is 2.53. The van der Waals surface area contributed by atoms with Gasteiger partial charge >= 0.3 is 12.0 Å². The number of imide groups is 1. The van der Waals surface area contributed by atoms with Crippen molar-refractivity contribution in [2.24, 2.45) is 5.92 Å². The Morgan fingerprint density at radius 2 is 2.00 bits per heavy atom. The molecule has 3 aliphatic rings. The van der Waals surface area contributed by atoms with Crippen molar-refractivity contribution >= 4 is 17.9 Å². The SMILES string of the molecule is C=CCN1C(=O)NC(=O)C2C(c3ccccc3)C3=C(COC3=O)NC21. The van der Waals surface area contributed by atoms with Crippen LogP contribution in [0.15, 0.2) is 54.3 Å². The molecule has 1 aromatic carbocycles. The van der Waals surface area contributed by atoms with Crippen molar-refractivity contribution in [1.82, 2.24) is 15.5 Å². The third-order valence-corrected chi connectivity index (χ3v) is 4.84. The fourth-order valence-corrected chi connectivity index (χ4v) is 3.80. The summed E-state index contributed by atoms with van der Waals surface area (Å²) in [5.74, 6) is -1.93. The van der Waals surface area contributed by atoms with E-state index in [0.717, 1.165) is 5.56 Å². The molecule has 7 heteroatoms. The Morgan fingerprint density at radius 1 is 1.24 bits per heavy atom. The number of cyclic esters (lactones) is 1. The molecule has 7 nitrogen and oxygen atoms in total. The van der Waals surface area contributed by atoms with Gasteiger partial charge in [-0.05, 0) is 5.56 Å². The second-order valence-electron chi connectivity index (χ2n) is 6.21. The molecule has 1 fully saturated rings. The summed E-state index contributed by atoms with van der Waals surface area (Å²) in [7, 11) is 0. The van der Waals surface area contributed by atoms with Gasteiger partial charge in [0.1, 0.15) is 12.8 Å². The van der Waals surface area contributed by atoms with Gasteiger partial charge in [-0.2, -0.15) is 0 Å². The third-order valence-electron chi connectivity index (χ3n) is 4.84. The van der Waals surface area contributed by atoms with Gasteiger partial charge in [0.05, 0.1) is 17.2 Å². The monoisotopic (exact) mass is 339 g/mol. The molecule has 3 amide bonds. The molecule has 0 aliphatic carbocycles. The fourth-order valence-electron chi connectivity index (χ4n) is 3.80. The van der Waals surface area contributed by atoms with Gasteiger partial charge in [-0.1, -0.05) is 36.4 Å². The van der Waals surface area contributed by atoms with Crippen LogP contribution in [0.3, 0.4) is 0 Å². The number of fused-ring (bicyclic) bond motifs is 1. The Balaban J connectivity index is 1.86. The predicted octanol–water partition coefficient (Wildman–Crippen LogP) is 0.864. The Bertz CT molecular complexity index is 802. The molecule has 3 aliphatic heterocycles. The first-order valence-corrected chi connectivity index (χ1v) is 8.06. The van der Waals surface area contributed by atoms with Crippen molar-refractivity contribution in [3.05, 3.63) is 59.8 Å². The fraction of sp³-hybridized carbons (Fsp3) is 0.278. The number of carbonyl (C=O) groups excluding carboxylic acids is 3. The van der Waals surface area contributed by atoms with Gasteiger partial charge in [0.2, 0.25) is 5.91 Å². The summed E-state index contributed by atoms with van der Waals surface area (Å²) >= 11 is 0. The van der Waals surface area contributed by atoms with Crippen LogP contribution >= 0.6 is 0 Å². The first kappa shape index (κ1) is 15.4. The van der Waals surface area contributed by atoms with Gasteiger partial charge in [-0.25, -0.2) is 9.59 Å². The van der Waals surface area contributed by atoms with Gasteiger partial charge in [0, 0.05) is 12.5 Å². The van der Waals surface area contributed by atoms with Gasteiger partial charge in [-0.3, -0.25) is 15.0 Å². The van der Waals surface area contributed by atoms with Crippen molar-refractivity contribution in [3.8, 4) is 0 Å². The largest absolute Gasteiger partial charge is 0.456 e. The molecule has 0 bridgehead atoms. The zero-order valence-corrected chi connectivity index (χ0v) is 13.4. The summed E-state index contributed by atoms with van der Waals surface area (Å²) in [6, 6.07) is 8.88. The second kappa shape index (κ2) is 5.77. The Morgan fingerprint density at radius 3 is 2.72 bits per heavy atom. The molecular formula is C18H17N3O4. The van der Waals surface area contributed by atoms with Crippen molar-refractivity contribution in [2.75, 3.05) is 13.2 Å². The number of ether oxygens (including phenoxy) is 1. The molecule has 3 heterocycles. The Labute approximate surface area is 144 Å². The smallest absolute Gasteiger partial charge is 0.336 e. The van der Waals surface area contributed by atoms with Crippen LogP contribution in [-0.4, -0.2) is 42.1 Å². The van der Waals surface area contributed by atoms with Crippen LogP contribution in [0, 0.1) is 5.92 Å². The highest BCUT2D eigenvalue weighted by Crippen LogP contribution is 2.43. The number of hydrogen-bond acceptors (Lipinski definition) is 5. The quantitative estimate of drug-likeness (QED) is 0.630. The Kier molecular flexibility index (Phi) is 3.56. The molecule has 0 saturated carbocycles. The molecule has 128 valence electrons. The minimum atomic E-state index is -0.635. The van der Waals surface area contributed by atoms with Gasteiger partial charge in [0.15, 0.2) is 0 Å². The van der Waals surface area contributed by atoms with E-state index >= 15 is 0 Å². The average Bonchev–Trinajstić information content (AvgIpc) is 2.98. The van der Waals surface area contributed by atoms with Gasteiger partial charge in [-0.15, -0.1) is 6.58 Å². The van der Waals surface area contributed by atoms with Crippen LogP contribution < -0.4 is 10.6 Å². The summed E-state index contributed by atoms with van der Waals surface area (Å²) in [6.07, 6.45) is 1.05. The van der Waals surface area contributed by atoms with E-state index in [-0.39, 0.29) is 13.2 Å². The second-order valence-corrected chi connectivity index (χ2v) is 6.21. The van der Waals surface area contributed by atoms with E-state index in [4.69, 9.17) is 4.74 Å². The zero-order chi connectivity index (χ0) is 17.6. The number of esters is 1. The lowest BCUT2D eigenvalue weighted by Crippen LogP contribution is -2.67. The number of urea groups is 1. The molecule has 0 spiro atoms. The number of benzene rings is 1. The molecule has 25 heavy (non-hydrogen) atoms. The van der Waals surface area contributed by atoms with E-state index < -0.39 is 35.9 Å². The molecule has 0 aromatic heterocycles. The summed E-state index contributed by atoms with van der Waals surface area (Å²) < 4.78 is 5.18. The van der Waals surface area contributed by atoms with Crippen LogP contribution in [0.4, 0.5) is 4.79 Å². The van der Waals surface area contributed by atoms with Crippen molar-refractivity contribution < 1.29 is 19.1 Å². The van der Waals surface area contributed by atoms with Crippen LogP contribution in [0.25, 0.3) is 0 Å². The lowest BCUT2D eigenvalue weighted by Gasteiger charge is -2.46. The number of rotatable bonds is 3. The van der Waals surface area contributed by atoms with E-state index in [2.05, 4.69) is 17.2 Å². The predicted molar refractivity (Wildman–Crippen MR) is 88.0 cm³/mol. The number of hydrogen-bond donors (Lipinski definition) is 2. The first-order chi connectivity index (χ1) is 12.1. The maximum absolute atomic E-state index is 12.7. The third kappa shape index (κ3) is 2.31. The lowest BCUT2D eigenvalue weighted by molar-refractivity contribution is -0.136. The number of nitrogens with zero attached hydrogens (tertiary/aromatic N) is 1. The van der Waals surface area contributed by atoms with Crippen molar-refractivity contribution in [3.63, 3.8) is 0 Å². The molecule has 3 atom stereocenters. The maximum Gasteiger partial charge on any atom is 0.336 e. The number of amides is 3. The maximum atomic E-state index is 12.7. The van der Waals surface area contributed by atoms with E-state index in [1.54, 1.807) is 6.08 Å². The normalized spacial score (nSPS) is 27.9.